The third-order valence-electron chi connectivity index (χ3n) is 3.65. The second-order valence-corrected chi connectivity index (χ2v) is 6.41. The Morgan fingerprint density at radius 2 is 2.00 bits per heavy atom. The highest BCUT2D eigenvalue weighted by molar-refractivity contribution is 7.17. The van der Waals surface area contributed by atoms with Gasteiger partial charge in [0.05, 0.1) is 23.4 Å². The van der Waals surface area contributed by atoms with E-state index in [2.05, 4.69) is 9.97 Å². The number of pyridine rings is 1. The molecule has 1 aromatic carbocycles. The first-order chi connectivity index (χ1) is 11.2. The van der Waals surface area contributed by atoms with Crippen LogP contribution in [-0.4, -0.2) is 23.2 Å². The van der Waals surface area contributed by atoms with Gasteiger partial charge in [-0.1, -0.05) is 23.7 Å². The van der Waals surface area contributed by atoms with E-state index in [-0.39, 0.29) is 5.82 Å². The molecular weight excluding hydrogens is 339 g/mol. The number of hydrogen-bond donors (Lipinski definition) is 0. The molecule has 7 heteroatoms. The van der Waals surface area contributed by atoms with Crippen LogP contribution in [0.15, 0.2) is 29.8 Å². The standard InChI is InChI=1S/C16H12ClFN2O2S/c17-13-7-11(14-15(20-13)19-8-23-14)10-3-2-9(6-12(10)18)16-21-4-1-5-22-16/h2-3,6-8,16H,1,4-5H2. The Labute approximate surface area is 140 Å². The molecule has 0 saturated carbocycles. The van der Waals surface area contributed by atoms with Crippen LogP contribution in [0.1, 0.15) is 18.3 Å². The fraction of sp³-hybridized carbons (Fsp3) is 0.250. The third kappa shape index (κ3) is 2.83. The fourth-order valence-corrected chi connectivity index (χ4v) is 3.55. The summed E-state index contributed by atoms with van der Waals surface area (Å²) in [7, 11) is 0. The molecule has 23 heavy (non-hydrogen) atoms. The molecule has 1 fully saturated rings. The molecule has 0 amide bonds. The van der Waals surface area contributed by atoms with Gasteiger partial charge in [0.1, 0.15) is 11.0 Å². The molecule has 0 unspecified atom stereocenters. The fourth-order valence-electron chi connectivity index (χ4n) is 2.60. The summed E-state index contributed by atoms with van der Waals surface area (Å²) in [5.74, 6) is -0.350. The molecule has 0 aliphatic carbocycles. The van der Waals surface area contributed by atoms with Crippen LogP contribution < -0.4 is 0 Å². The maximum atomic E-state index is 14.7. The number of ether oxygens (including phenoxy) is 2. The lowest BCUT2D eigenvalue weighted by Gasteiger charge is -2.23. The highest BCUT2D eigenvalue weighted by atomic mass is 35.5. The Morgan fingerprint density at radius 3 is 2.78 bits per heavy atom. The lowest BCUT2D eigenvalue weighted by Crippen LogP contribution is -2.17. The van der Waals surface area contributed by atoms with Crippen LogP contribution in [0.2, 0.25) is 5.15 Å². The minimum absolute atomic E-state index is 0.292. The average molecular weight is 351 g/mol. The van der Waals surface area contributed by atoms with Crippen LogP contribution >= 0.6 is 22.9 Å². The predicted molar refractivity (Wildman–Crippen MR) is 87.1 cm³/mol. The van der Waals surface area contributed by atoms with Gasteiger partial charge in [0.15, 0.2) is 11.9 Å². The van der Waals surface area contributed by atoms with Crippen molar-refractivity contribution in [2.75, 3.05) is 13.2 Å². The molecule has 1 saturated heterocycles. The molecule has 3 aromatic rings. The zero-order valence-corrected chi connectivity index (χ0v) is 13.5. The number of halogens is 2. The van der Waals surface area contributed by atoms with E-state index in [1.165, 1.54) is 17.4 Å². The molecule has 118 valence electrons. The smallest absolute Gasteiger partial charge is 0.183 e. The minimum atomic E-state index is -0.503. The summed E-state index contributed by atoms with van der Waals surface area (Å²) in [5.41, 5.74) is 4.03. The van der Waals surface area contributed by atoms with Crippen molar-refractivity contribution in [2.45, 2.75) is 12.7 Å². The number of aromatic nitrogens is 2. The average Bonchev–Trinajstić information content (AvgIpc) is 3.03. The monoisotopic (exact) mass is 350 g/mol. The quantitative estimate of drug-likeness (QED) is 0.634. The van der Waals surface area contributed by atoms with E-state index in [0.717, 1.165) is 11.1 Å². The second kappa shape index (κ2) is 6.13. The maximum absolute atomic E-state index is 14.7. The Balaban J connectivity index is 1.78. The summed E-state index contributed by atoms with van der Waals surface area (Å²) >= 11 is 7.44. The van der Waals surface area contributed by atoms with E-state index >= 15 is 0 Å². The molecule has 1 aliphatic heterocycles. The lowest BCUT2D eigenvalue weighted by atomic mass is 10.0. The largest absolute Gasteiger partial charge is 0.348 e. The van der Waals surface area contributed by atoms with Crippen molar-refractivity contribution in [1.82, 2.24) is 9.97 Å². The van der Waals surface area contributed by atoms with Crippen molar-refractivity contribution in [3.63, 3.8) is 0 Å². The molecule has 4 nitrogen and oxygen atoms in total. The van der Waals surface area contributed by atoms with Gasteiger partial charge < -0.3 is 9.47 Å². The summed E-state index contributed by atoms with van der Waals surface area (Å²) in [5, 5.41) is 0.292. The summed E-state index contributed by atoms with van der Waals surface area (Å²) in [6.45, 7) is 1.24. The Kier molecular flexibility index (Phi) is 3.98. The molecule has 4 rings (SSSR count). The van der Waals surface area contributed by atoms with E-state index < -0.39 is 6.29 Å². The molecule has 1 aliphatic rings. The van der Waals surface area contributed by atoms with Gasteiger partial charge in [-0.15, -0.1) is 11.3 Å². The van der Waals surface area contributed by atoms with Crippen LogP contribution in [0.25, 0.3) is 21.5 Å². The van der Waals surface area contributed by atoms with E-state index in [9.17, 15) is 4.39 Å². The van der Waals surface area contributed by atoms with Crippen LogP contribution in [0, 0.1) is 5.82 Å². The van der Waals surface area contributed by atoms with Gasteiger partial charge in [0.2, 0.25) is 0 Å². The number of nitrogens with zero attached hydrogens (tertiary/aromatic N) is 2. The number of rotatable bonds is 2. The summed E-state index contributed by atoms with van der Waals surface area (Å²) in [6, 6.07) is 6.65. The summed E-state index contributed by atoms with van der Waals surface area (Å²) in [6.07, 6.45) is 0.354. The van der Waals surface area contributed by atoms with E-state index in [4.69, 9.17) is 21.1 Å². The minimum Gasteiger partial charge on any atom is -0.348 e. The molecule has 0 spiro atoms. The first-order valence-electron chi connectivity index (χ1n) is 7.15. The van der Waals surface area contributed by atoms with Gasteiger partial charge in [-0.2, -0.15) is 0 Å². The van der Waals surface area contributed by atoms with Crippen molar-refractivity contribution in [3.8, 4) is 11.1 Å². The molecule has 3 heterocycles. The molecule has 0 atom stereocenters. The molecular formula is C16H12ClFN2O2S. The molecule has 0 bridgehead atoms. The first-order valence-corrected chi connectivity index (χ1v) is 8.41. The van der Waals surface area contributed by atoms with Gasteiger partial charge in [-0.3, -0.25) is 0 Å². The van der Waals surface area contributed by atoms with E-state index in [1.54, 1.807) is 17.6 Å². The zero-order chi connectivity index (χ0) is 15.8. The Morgan fingerprint density at radius 1 is 1.17 bits per heavy atom. The normalized spacial score (nSPS) is 16.1. The van der Waals surface area contributed by atoms with Gasteiger partial charge in [-0.25, -0.2) is 14.4 Å². The second-order valence-electron chi connectivity index (χ2n) is 5.16. The lowest BCUT2D eigenvalue weighted by molar-refractivity contribution is -0.183. The number of thiazole rings is 1. The molecule has 2 aromatic heterocycles. The number of fused-ring (bicyclic) bond motifs is 1. The first kappa shape index (κ1) is 15.0. The van der Waals surface area contributed by atoms with Crippen LogP contribution in [0.3, 0.4) is 0 Å². The Bertz CT molecular complexity index is 864. The highest BCUT2D eigenvalue weighted by Crippen LogP contribution is 2.35. The maximum Gasteiger partial charge on any atom is 0.183 e. The van der Waals surface area contributed by atoms with Crippen molar-refractivity contribution in [2.24, 2.45) is 0 Å². The predicted octanol–water partition coefficient (Wildman–Crippen LogP) is 4.59. The van der Waals surface area contributed by atoms with E-state index in [0.29, 0.717) is 40.7 Å². The topological polar surface area (TPSA) is 44.2 Å². The SMILES string of the molecule is Fc1cc(C2OCCCO2)ccc1-c1cc(Cl)nc2ncsc12. The van der Waals surface area contributed by atoms with Gasteiger partial charge in [0, 0.05) is 16.7 Å². The Hall–Kier alpha value is -1.60. The van der Waals surface area contributed by atoms with Crippen molar-refractivity contribution >= 4 is 33.3 Å². The van der Waals surface area contributed by atoms with Crippen LogP contribution in [0.4, 0.5) is 4.39 Å². The van der Waals surface area contributed by atoms with Crippen LogP contribution in [0.5, 0.6) is 0 Å². The zero-order valence-electron chi connectivity index (χ0n) is 12.0. The third-order valence-corrected chi connectivity index (χ3v) is 4.69. The summed E-state index contributed by atoms with van der Waals surface area (Å²) in [4.78, 5) is 8.29. The number of benzene rings is 1. The van der Waals surface area contributed by atoms with Crippen molar-refractivity contribution in [3.05, 3.63) is 46.3 Å². The van der Waals surface area contributed by atoms with E-state index in [1.807, 2.05) is 6.07 Å². The summed E-state index contributed by atoms with van der Waals surface area (Å²) < 4.78 is 26.5. The van der Waals surface area contributed by atoms with Crippen molar-refractivity contribution in [1.29, 1.82) is 0 Å². The van der Waals surface area contributed by atoms with Crippen LogP contribution in [-0.2, 0) is 9.47 Å². The van der Waals surface area contributed by atoms with Gasteiger partial charge >= 0.3 is 0 Å². The van der Waals surface area contributed by atoms with Crippen molar-refractivity contribution < 1.29 is 13.9 Å². The number of hydrogen-bond acceptors (Lipinski definition) is 5. The molecule has 0 radical (unpaired) electrons. The molecule has 0 N–H and O–H groups in total. The highest BCUT2D eigenvalue weighted by Gasteiger charge is 2.19. The van der Waals surface area contributed by atoms with Gasteiger partial charge in [-0.05, 0) is 18.6 Å². The van der Waals surface area contributed by atoms with Gasteiger partial charge in [0.25, 0.3) is 0 Å².